The van der Waals surface area contributed by atoms with E-state index >= 15 is 0 Å². The van der Waals surface area contributed by atoms with E-state index in [-0.39, 0.29) is 11.8 Å². The SMILES string of the molecule is CNC(=O)c1ccc(NC(=O)c2c(C)noc2C)cc1. The van der Waals surface area contributed by atoms with Crippen LogP contribution in [0, 0.1) is 13.8 Å². The quantitative estimate of drug-likeness (QED) is 0.894. The number of aryl methyl sites for hydroxylation is 2. The summed E-state index contributed by atoms with van der Waals surface area (Å²) in [6.45, 7) is 3.39. The number of nitrogens with zero attached hydrogens (tertiary/aromatic N) is 1. The number of aromatic nitrogens is 1. The van der Waals surface area contributed by atoms with Gasteiger partial charge in [0.25, 0.3) is 11.8 Å². The summed E-state index contributed by atoms with van der Waals surface area (Å²) in [6.07, 6.45) is 0. The minimum absolute atomic E-state index is 0.173. The van der Waals surface area contributed by atoms with Crippen molar-refractivity contribution in [2.75, 3.05) is 12.4 Å². The van der Waals surface area contributed by atoms with E-state index in [1.807, 2.05) is 0 Å². The van der Waals surface area contributed by atoms with Crippen LogP contribution in [0.1, 0.15) is 32.2 Å². The monoisotopic (exact) mass is 273 g/mol. The molecule has 0 aliphatic heterocycles. The van der Waals surface area contributed by atoms with Crippen molar-refractivity contribution in [2.45, 2.75) is 13.8 Å². The van der Waals surface area contributed by atoms with Crippen LogP contribution in [0.3, 0.4) is 0 Å². The fourth-order valence-electron chi connectivity index (χ4n) is 1.85. The maximum Gasteiger partial charge on any atom is 0.261 e. The second kappa shape index (κ2) is 5.56. The normalized spacial score (nSPS) is 10.2. The first-order valence-corrected chi connectivity index (χ1v) is 6.09. The lowest BCUT2D eigenvalue weighted by Crippen LogP contribution is -2.18. The molecule has 6 nitrogen and oxygen atoms in total. The summed E-state index contributed by atoms with van der Waals surface area (Å²) in [5, 5.41) is 9.01. The van der Waals surface area contributed by atoms with Crippen molar-refractivity contribution in [3.05, 3.63) is 46.8 Å². The molecule has 0 aliphatic rings. The van der Waals surface area contributed by atoms with Crippen molar-refractivity contribution in [3.63, 3.8) is 0 Å². The lowest BCUT2D eigenvalue weighted by atomic mass is 10.1. The van der Waals surface area contributed by atoms with Crippen molar-refractivity contribution in [2.24, 2.45) is 0 Å². The molecule has 0 fully saturated rings. The van der Waals surface area contributed by atoms with E-state index in [1.54, 1.807) is 45.2 Å². The van der Waals surface area contributed by atoms with Crippen LogP contribution in [0.5, 0.6) is 0 Å². The van der Waals surface area contributed by atoms with Gasteiger partial charge in [-0.1, -0.05) is 5.16 Å². The van der Waals surface area contributed by atoms with Gasteiger partial charge in [-0.15, -0.1) is 0 Å². The minimum Gasteiger partial charge on any atom is -0.361 e. The molecule has 1 heterocycles. The molecule has 2 amide bonds. The number of anilines is 1. The molecule has 6 heteroatoms. The fraction of sp³-hybridized carbons (Fsp3) is 0.214. The summed E-state index contributed by atoms with van der Waals surface area (Å²) < 4.78 is 4.96. The Kier molecular flexibility index (Phi) is 3.84. The summed E-state index contributed by atoms with van der Waals surface area (Å²) in [5.74, 6) is 0.0181. The van der Waals surface area contributed by atoms with Gasteiger partial charge in [0.05, 0.1) is 5.69 Å². The topological polar surface area (TPSA) is 84.2 Å². The van der Waals surface area contributed by atoms with Gasteiger partial charge in [-0.05, 0) is 38.1 Å². The summed E-state index contributed by atoms with van der Waals surface area (Å²) in [6, 6.07) is 6.62. The van der Waals surface area contributed by atoms with Crippen molar-refractivity contribution >= 4 is 17.5 Å². The smallest absolute Gasteiger partial charge is 0.261 e. The van der Waals surface area contributed by atoms with E-state index in [4.69, 9.17) is 4.52 Å². The van der Waals surface area contributed by atoms with Crippen LogP contribution in [-0.2, 0) is 0 Å². The number of benzene rings is 1. The van der Waals surface area contributed by atoms with E-state index in [1.165, 1.54) is 0 Å². The summed E-state index contributed by atoms with van der Waals surface area (Å²) in [5.41, 5.74) is 2.10. The molecule has 0 saturated carbocycles. The summed E-state index contributed by atoms with van der Waals surface area (Å²) in [4.78, 5) is 23.5. The first-order valence-electron chi connectivity index (χ1n) is 6.09. The maximum absolute atomic E-state index is 12.1. The average Bonchev–Trinajstić information content (AvgIpc) is 2.78. The predicted octanol–water partition coefficient (Wildman–Crippen LogP) is 1.90. The Labute approximate surface area is 116 Å². The van der Waals surface area contributed by atoms with E-state index in [2.05, 4.69) is 15.8 Å². The van der Waals surface area contributed by atoms with Gasteiger partial charge in [-0.25, -0.2) is 0 Å². The molecular formula is C14H15N3O3. The highest BCUT2D eigenvalue weighted by molar-refractivity contribution is 6.05. The molecule has 0 aliphatic carbocycles. The molecule has 0 spiro atoms. The lowest BCUT2D eigenvalue weighted by Gasteiger charge is -2.06. The van der Waals surface area contributed by atoms with Gasteiger partial charge in [0.1, 0.15) is 11.3 Å². The van der Waals surface area contributed by atoms with Crippen LogP contribution in [0.2, 0.25) is 0 Å². The van der Waals surface area contributed by atoms with Gasteiger partial charge in [-0.3, -0.25) is 9.59 Å². The fourth-order valence-corrected chi connectivity index (χ4v) is 1.85. The Morgan fingerprint density at radius 1 is 1.10 bits per heavy atom. The van der Waals surface area contributed by atoms with Gasteiger partial charge in [0.15, 0.2) is 0 Å². The molecule has 0 saturated heterocycles. The van der Waals surface area contributed by atoms with Crippen LogP contribution >= 0.6 is 0 Å². The molecule has 2 N–H and O–H groups in total. The van der Waals surface area contributed by atoms with Gasteiger partial charge >= 0.3 is 0 Å². The zero-order valence-corrected chi connectivity index (χ0v) is 11.5. The molecular weight excluding hydrogens is 258 g/mol. The van der Waals surface area contributed by atoms with Crippen molar-refractivity contribution < 1.29 is 14.1 Å². The zero-order chi connectivity index (χ0) is 14.7. The third kappa shape index (κ3) is 2.69. The number of hydrogen-bond donors (Lipinski definition) is 2. The second-order valence-electron chi connectivity index (χ2n) is 4.31. The van der Waals surface area contributed by atoms with Crippen LogP contribution in [0.25, 0.3) is 0 Å². The first-order chi connectivity index (χ1) is 9.52. The predicted molar refractivity (Wildman–Crippen MR) is 73.8 cm³/mol. The highest BCUT2D eigenvalue weighted by Crippen LogP contribution is 2.16. The molecule has 1 aromatic carbocycles. The summed E-state index contributed by atoms with van der Waals surface area (Å²) >= 11 is 0. The Hall–Kier alpha value is -2.63. The molecule has 0 unspecified atom stereocenters. The minimum atomic E-state index is -0.283. The first kappa shape index (κ1) is 13.8. The van der Waals surface area contributed by atoms with E-state index in [9.17, 15) is 9.59 Å². The third-order valence-corrected chi connectivity index (χ3v) is 2.89. The van der Waals surface area contributed by atoms with Gasteiger partial charge in [-0.2, -0.15) is 0 Å². The third-order valence-electron chi connectivity index (χ3n) is 2.89. The highest BCUT2D eigenvalue weighted by atomic mass is 16.5. The van der Waals surface area contributed by atoms with Crippen LogP contribution < -0.4 is 10.6 Å². The van der Waals surface area contributed by atoms with E-state index in [0.29, 0.717) is 28.3 Å². The van der Waals surface area contributed by atoms with Crippen molar-refractivity contribution in [1.29, 1.82) is 0 Å². The number of hydrogen-bond acceptors (Lipinski definition) is 4. The number of carbonyl (C=O) groups is 2. The van der Waals surface area contributed by atoms with Gasteiger partial charge < -0.3 is 15.2 Å². The van der Waals surface area contributed by atoms with Crippen molar-refractivity contribution in [3.8, 4) is 0 Å². The maximum atomic E-state index is 12.1. The molecule has 0 atom stereocenters. The van der Waals surface area contributed by atoms with Crippen LogP contribution in [-0.4, -0.2) is 24.0 Å². The van der Waals surface area contributed by atoms with Crippen molar-refractivity contribution in [1.82, 2.24) is 10.5 Å². The van der Waals surface area contributed by atoms with Gasteiger partial charge in [0, 0.05) is 18.3 Å². The zero-order valence-electron chi connectivity index (χ0n) is 11.5. The van der Waals surface area contributed by atoms with E-state index < -0.39 is 0 Å². The molecule has 20 heavy (non-hydrogen) atoms. The standard InChI is InChI=1S/C14H15N3O3/c1-8-12(9(2)20-17-8)14(19)16-11-6-4-10(5-7-11)13(18)15-3/h4-7H,1-3H3,(H,15,18)(H,16,19). The molecule has 2 rings (SSSR count). The Balaban J connectivity index is 2.15. The Bertz CT molecular complexity index is 625. The number of carbonyl (C=O) groups excluding carboxylic acids is 2. The van der Waals surface area contributed by atoms with Crippen LogP contribution in [0.4, 0.5) is 5.69 Å². The number of amides is 2. The lowest BCUT2D eigenvalue weighted by molar-refractivity contribution is 0.0962. The highest BCUT2D eigenvalue weighted by Gasteiger charge is 2.17. The molecule has 0 bridgehead atoms. The molecule has 0 radical (unpaired) electrons. The molecule has 104 valence electrons. The van der Waals surface area contributed by atoms with E-state index in [0.717, 1.165) is 0 Å². The molecule has 2 aromatic rings. The summed E-state index contributed by atoms with van der Waals surface area (Å²) in [7, 11) is 1.56. The number of nitrogens with one attached hydrogen (secondary N) is 2. The largest absolute Gasteiger partial charge is 0.361 e. The Morgan fingerprint density at radius 2 is 1.75 bits per heavy atom. The average molecular weight is 273 g/mol. The number of rotatable bonds is 3. The Morgan fingerprint density at radius 3 is 2.25 bits per heavy atom. The second-order valence-corrected chi connectivity index (χ2v) is 4.31. The molecule has 1 aromatic heterocycles. The van der Waals surface area contributed by atoms with Gasteiger partial charge in [0.2, 0.25) is 0 Å². The van der Waals surface area contributed by atoms with Crippen LogP contribution in [0.15, 0.2) is 28.8 Å².